The first-order valence-corrected chi connectivity index (χ1v) is 8.38. The van der Waals surface area contributed by atoms with Crippen LogP contribution in [-0.2, 0) is 6.42 Å². The summed E-state index contributed by atoms with van der Waals surface area (Å²) in [5.74, 6) is 0. The summed E-state index contributed by atoms with van der Waals surface area (Å²) >= 11 is 12.3. The molecule has 2 rings (SSSR count). The monoisotopic (exact) mass is 437 g/mol. The molecular weight excluding hydrogens is 430 g/mol. The lowest BCUT2D eigenvalue weighted by atomic mass is 10.2. The average Bonchev–Trinajstić information content (AvgIpc) is 2.74. The second-order valence-electron chi connectivity index (χ2n) is 3.55. The molecule has 2 aromatic rings. The van der Waals surface area contributed by atoms with Gasteiger partial charge in [0.15, 0.2) is 0 Å². The quantitative estimate of drug-likeness (QED) is 0.645. The van der Waals surface area contributed by atoms with Gasteiger partial charge in [-0.15, -0.1) is 0 Å². The molecule has 1 heterocycles. The first kappa shape index (κ1) is 13.6. The third kappa shape index (κ3) is 3.81. The lowest BCUT2D eigenvalue weighted by Gasteiger charge is -2.11. The van der Waals surface area contributed by atoms with E-state index in [9.17, 15) is 0 Å². The van der Waals surface area contributed by atoms with E-state index in [2.05, 4.69) is 69.9 Å². The molecule has 17 heavy (non-hydrogen) atoms. The summed E-state index contributed by atoms with van der Waals surface area (Å²) < 4.78 is 3.17. The molecule has 0 unspecified atom stereocenters. The van der Waals surface area contributed by atoms with Crippen LogP contribution in [0, 0.1) is 0 Å². The van der Waals surface area contributed by atoms with E-state index in [-0.39, 0.29) is 0 Å². The zero-order valence-corrected chi connectivity index (χ0v) is 14.4. The van der Waals surface area contributed by atoms with E-state index in [0.29, 0.717) is 0 Å². The van der Waals surface area contributed by atoms with Crippen LogP contribution in [0.4, 0.5) is 5.69 Å². The molecule has 5 heteroatoms. The molecule has 0 bridgehead atoms. The van der Waals surface area contributed by atoms with Crippen LogP contribution in [0.2, 0.25) is 0 Å². The number of nitrogens with one attached hydrogen (secondary N) is 1. The van der Waals surface area contributed by atoms with Gasteiger partial charge >= 0.3 is 0 Å². The minimum atomic E-state index is 0.926. The normalized spacial score (nSPS) is 10.5. The van der Waals surface area contributed by atoms with Crippen LogP contribution in [0.5, 0.6) is 0 Å². The number of benzene rings is 1. The molecule has 0 saturated heterocycles. The van der Waals surface area contributed by atoms with Crippen molar-refractivity contribution < 1.29 is 0 Å². The van der Waals surface area contributed by atoms with E-state index >= 15 is 0 Å². The minimum absolute atomic E-state index is 0.926. The smallest absolute Gasteiger partial charge is 0.0629 e. The van der Waals surface area contributed by atoms with Crippen LogP contribution in [0.1, 0.15) is 5.56 Å². The highest BCUT2D eigenvalue weighted by molar-refractivity contribution is 9.11. The predicted octanol–water partition coefficient (Wildman–Crippen LogP) is 5.69. The largest absolute Gasteiger partial charge is 0.383 e. The number of hydrogen-bond donors (Lipinski definition) is 1. The molecule has 0 saturated carbocycles. The lowest BCUT2D eigenvalue weighted by Crippen LogP contribution is -2.05. The Morgan fingerprint density at radius 1 is 1.12 bits per heavy atom. The Balaban J connectivity index is 1.99. The van der Waals surface area contributed by atoms with E-state index in [0.717, 1.165) is 32.1 Å². The molecule has 1 nitrogen and oxygen atoms in total. The molecule has 1 N–H and O–H groups in total. The van der Waals surface area contributed by atoms with Crippen molar-refractivity contribution in [2.75, 3.05) is 11.9 Å². The van der Waals surface area contributed by atoms with Crippen molar-refractivity contribution in [3.05, 3.63) is 47.9 Å². The third-order valence-electron chi connectivity index (χ3n) is 2.30. The van der Waals surface area contributed by atoms with E-state index < -0.39 is 0 Å². The fourth-order valence-electron chi connectivity index (χ4n) is 1.48. The molecular formula is C12H10Br3NS. The number of anilines is 1. The molecule has 0 spiro atoms. The Bertz CT molecular complexity index is 473. The second-order valence-corrected chi connectivity index (χ2v) is 6.96. The first-order valence-electron chi connectivity index (χ1n) is 5.06. The zero-order chi connectivity index (χ0) is 12.3. The second kappa shape index (κ2) is 6.36. The van der Waals surface area contributed by atoms with Gasteiger partial charge in [-0.3, -0.25) is 0 Å². The van der Waals surface area contributed by atoms with Gasteiger partial charge in [0.1, 0.15) is 0 Å². The van der Waals surface area contributed by atoms with Crippen molar-refractivity contribution in [3.8, 4) is 0 Å². The van der Waals surface area contributed by atoms with Gasteiger partial charge in [-0.05, 0) is 72.8 Å². The number of hydrogen-bond acceptors (Lipinski definition) is 2. The Kier molecular flexibility index (Phi) is 5.09. The summed E-state index contributed by atoms with van der Waals surface area (Å²) in [5, 5.41) is 7.74. The third-order valence-corrected chi connectivity index (χ3v) is 4.74. The maximum atomic E-state index is 3.56. The molecule has 0 fully saturated rings. The summed E-state index contributed by atoms with van der Waals surface area (Å²) in [6, 6.07) is 6.24. The lowest BCUT2D eigenvalue weighted by molar-refractivity contribution is 1.02. The summed E-state index contributed by atoms with van der Waals surface area (Å²) in [4.78, 5) is 0. The van der Waals surface area contributed by atoms with Crippen LogP contribution in [-0.4, -0.2) is 6.54 Å². The molecule has 0 radical (unpaired) electrons. The van der Waals surface area contributed by atoms with Crippen molar-refractivity contribution in [2.24, 2.45) is 0 Å². The SMILES string of the molecule is Brc1cc(Br)c(NCCc2ccsc2)c(Br)c1. The highest BCUT2D eigenvalue weighted by atomic mass is 79.9. The summed E-state index contributed by atoms with van der Waals surface area (Å²) in [6.07, 6.45) is 1.04. The van der Waals surface area contributed by atoms with Crippen molar-refractivity contribution in [1.82, 2.24) is 0 Å². The fourth-order valence-corrected chi connectivity index (χ4v) is 4.72. The number of halogens is 3. The van der Waals surface area contributed by atoms with Gasteiger partial charge in [-0.25, -0.2) is 0 Å². The van der Waals surface area contributed by atoms with E-state index in [1.807, 2.05) is 12.1 Å². The molecule has 0 aliphatic rings. The van der Waals surface area contributed by atoms with Gasteiger partial charge in [0.05, 0.1) is 5.69 Å². The van der Waals surface area contributed by atoms with E-state index in [1.54, 1.807) is 11.3 Å². The molecule has 1 aromatic carbocycles. The van der Waals surface area contributed by atoms with Gasteiger partial charge in [-0.1, -0.05) is 15.9 Å². The number of rotatable bonds is 4. The predicted molar refractivity (Wildman–Crippen MR) is 86.1 cm³/mol. The Hall–Kier alpha value is 0.160. The highest BCUT2D eigenvalue weighted by Gasteiger charge is 2.06. The minimum Gasteiger partial charge on any atom is -0.383 e. The van der Waals surface area contributed by atoms with Crippen LogP contribution in [0.3, 0.4) is 0 Å². The van der Waals surface area contributed by atoms with Gasteiger partial charge in [0.25, 0.3) is 0 Å². The summed E-state index contributed by atoms with van der Waals surface area (Å²) in [5.41, 5.74) is 2.48. The van der Waals surface area contributed by atoms with Crippen LogP contribution >= 0.6 is 59.1 Å². The fraction of sp³-hybridized carbons (Fsp3) is 0.167. The summed E-state index contributed by atoms with van der Waals surface area (Å²) in [7, 11) is 0. The van der Waals surface area contributed by atoms with Gasteiger partial charge in [0, 0.05) is 20.0 Å². The van der Waals surface area contributed by atoms with Crippen LogP contribution in [0.15, 0.2) is 42.4 Å². The van der Waals surface area contributed by atoms with Crippen LogP contribution < -0.4 is 5.32 Å². The summed E-state index contributed by atoms with van der Waals surface area (Å²) in [6.45, 7) is 0.926. The Labute approximate surface area is 130 Å². The topological polar surface area (TPSA) is 12.0 Å². The number of thiophene rings is 1. The maximum Gasteiger partial charge on any atom is 0.0629 e. The first-order chi connectivity index (χ1) is 8.16. The molecule has 1 aromatic heterocycles. The molecule has 0 amide bonds. The van der Waals surface area contributed by atoms with Crippen molar-refractivity contribution in [2.45, 2.75) is 6.42 Å². The van der Waals surface area contributed by atoms with Gasteiger partial charge in [0.2, 0.25) is 0 Å². The van der Waals surface area contributed by atoms with Gasteiger partial charge < -0.3 is 5.32 Å². The zero-order valence-electron chi connectivity index (χ0n) is 8.84. The Morgan fingerprint density at radius 3 is 2.41 bits per heavy atom. The van der Waals surface area contributed by atoms with Crippen LogP contribution in [0.25, 0.3) is 0 Å². The molecule has 0 aliphatic carbocycles. The van der Waals surface area contributed by atoms with Crippen molar-refractivity contribution in [1.29, 1.82) is 0 Å². The van der Waals surface area contributed by atoms with Gasteiger partial charge in [-0.2, -0.15) is 11.3 Å². The van der Waals surface area contributed by atoms with E-state index in [4.69, 9.17) is 0 Å². The maximum absolute atomic E-state index is 3.56. The molecule has 0 atom stereocenters. The molecule has 0 aliphatic heterocycles. The Morgan fingerprint density at radius 2 is 1.82 bits per heavy atom. The molecule has 90 valence electrons. The van der Waals surface area contributed by atoms with E-state index in [1.165, 1.54) is 5.56 Å². The highest BCUT2D eigenvalue weighted by Crippen LogP contribution is 2.34. The standard InChI is InChI=1S/C12H10Br3NS/c13-9-5-10(14)12(11(15)6-9)16-3-1-8-2-4-17-7-8/h2,4-7,16H,1,3H2. The van der Waals surface area contributed by atoms with Crippen molar-refractivity contribution >= 4 is 64.8 Å². The average molecular weight is 440 g/mol. The van der Waals surface area contributed by atoms with Crippen molar-refractivity contribution in [3.63, 3.8) is 0 Å².